The molecule has 0 saturated heterocycles. The molecule has 0 saturated carbocycles. The summed E-state index contributed by atoms with van der Waals surface area (Å²) < 4.78 is 2.07. The van der Waals surface area contributed by atoms with Crippen LogP contribution in [0.5, 0.6) is 0 Å². The predicted octanol–water partition coefficient (Wildman–Crippen LogP) is 5.80. The molecule has 3 nitrogen and oxygen atoms in total. The van der Waals surface area contributed by atoms with E-state index in [9.17, 15) is 0 Å². The minimum atomic E-state index is 0.645. The third-order valence-electron chi connectivity index (χ3n) is 3.35. The Kier molecular flexibility index (Phi) is 3.46. The van der Waals surface area contributed by atoms with Crippen molar-refractivity contribution in [1.29, 1.82) is 0 Å². The number of aryl methyl sites for hydroxylation is 1. The second kappa shape index (κ2) is 5.35. The molecule has 0 spiro atoms. The van der Waals surface area contributed by atoms with Gasteiger partial charge in [-0.2, -0.15) is 0 Å². The van der Waals surface area contributed by atoms with Crippen LogP contribution >= 0.6 is 45.9 Å². The maximum Gasteiger partial charge on any atom is 0.194 e. The van der Waals surface area contributed by atoms with Gasteiger partial charge in [0.15, 0.2) is 4.96 Å². The summed E-state index contributed by atoms with van der Waals surface area (Å²) in [4.78, 5) is 10.3. The third kappa shape index (κ3) is 2.25. The first-order valence-corrected chi connectivity index (χ1v) is 8.98. The van der Waals surface area contributed by atoms with E-state index in [2.05, 4.69) is 9.38 Å². The van der Waals surface area contributed by atoms with Gasteiger partial charge in [0.25, 0.3) is 0 Å². The van der Waals surface area contributed by atoms with Crippen molar-refractivity contribution < 1.29 is 0 Å². The van der Waals surface area contributed by atoms with Crippen molar-refractivity contribution in [3.05, 3.63) is 50.9 Å². The molecular weight excluding hydrogens is 357 g/mol. The van der Waals surface area contributed by atoms with Crippen molar-refractivity contribution in [1.82, 2.24) is 14.4 Å². The summed E-state index contributed by atoms with van der Waals surface area (Å²) in [6, 6.07) is 5.40. The number of hydrogen-bond acceptors (Lipinski definition) is 4. The molecule has 0 amide bonds. The van der Waals surface area contributed by atoms with Crippen molar-refractivity contribution in [2.24, 2.45) is 0 Å². The fourth-order valence-corrected chi connectivity index (χ4v) is 4.41. The van der Waals surface area contributed by atoms with Crippen LogP contribution in [0.15, 0.2) is 35.2 Å². The van der Waals surface area contributed by atoms with Gasteiger partial charge in [-0.15, -0.1) is 22.7 Å². The van der Waals surface area contributed by atoms with Crippen LogP contribution in [0.1, 0.15) is 5.69 Å². The van der Waals surface area contributed by atoms with E-state index >= 15 is 0 Å². The molecule has 0 bridgehead atoms. The van der Waals surface area contributed by atoms with E-state index in [1.165, 1.54) is 0 Å². The minimum absolute atomic E-state index is 0.645. The molecule has 0 atom stereocenters. The lowest BCUT2D eigenvalue weighted by Crippen LogP contribution is -1.86. The number of aromatic nitrogens is 3. The van der Waals surface area contributed by atoms with Crippen LogP contribution in [-0.4, -0.2) is 14.4 Å². The van der Waals surface area contributed by atoms with E-state index in [1.807, 2.05) is 29.9 Å². The molecule has 1 aromatic carbocycles. The fraction of sp³-hybridized carbons (Fsp3) is 0.0667. The molecule has 0 radical (unpaired) electrons. The van der Waals surface area contributed by atoms with Crippen LogP contribution in [0.4, 0.5) is 0 Å². The molecule has 7 heteroatoms. The lowest BCUT2D eigenvalue weighted by Gasteiger charge is -2.01. The molecule has 22 heavy (non-hydrogen) atoms. The topological polar surface area (TPSA) is 30.2 Å². The highest BCUT2D eigenvalue weighted by molar-refractivity contribution is 7.15. The van der Waals surface area contributed by atoms with Gasteiger partial charge in [0.2, 0.25) is 0 Å². The monoisotopic (exact) mass is 365 g/mol. The summed E-state index contributed by atoms with van der Waals surface area (Å²) >= 11 is 15.5. The summed E-state index contributed by atoms with van der Waals surface area (Å²) in [7, 11) is 0. The predicted molar refractivity (Wildman–Crippen MR) is 94.4 cm³/mol. The van der Waals surface area contributed by atoms with E-state index in [1.54, 1.807) is 34.8 Å². The highest BCUT2D eigenvalue weighted by Gasteiger charge is 2.16. The van der Waals surface area contributed by atoms with Gasteiger partial charge >= 0.3 is 0 Å². The van der Waals surface area contributed by atoms with Gasteiger partial charge in [-0.1, -0.05) is 23.2 Å². The standard InChI is InChI=1S/C15H9Cl2N3S2/c1-8-13(20-4-5-21-15(20)18-8)14-19-12(7-22-14)10-6-9(16)2-3-11(10)17/h2-7H,1H3. The number of benzene rings is 1. The number of fused-ring (bicyclic) bond motifs is 1. The van der Waals surface area contributed by atoms with Gasteiger partial charge < -0.3 is 0 Å². The molecule has 4 rings (SSSR count). The molecule has 0 aliphatic rings. The minimum Gasteiger partial charge on any atom is -0.288 e. The number of nitrogens with zero attached hydrogens (tertiary/aromatic N) is 3. The van der Waals surface area contributed by atoms with Crippen LogP contribution < -0.4 is 0 Å². The van der Waals surface area contributed by atoms with E-state index < -0.39 is 0 Å². The normalized spacial score (nSPS) is 11.4. The quantitative estimate of drug-likeness (QED) is 0.449. The molecule has 4 aromatic rings. The summed E-state index contributed by atoms with van der Waals surface area (Å²) in [5.41, 5.74) is 3.69. The number of imidazole rings is 1. The van der Waals surface area contributed by atoms with Crippen molar-refractivity contribution in [2.75, 3.05) is 0 Å². The SMILES string of the molecule is Cc1nc2sccn2c1-c1nc(-c2cc(Cl)ccc2Cl)cs1. The molecule has 0 aliphatic carbocycles. The van der Waals surface area contributed by atoms with E-state index in [4.69, 9.17) is 28.2 Å². The van der Waals surface area contributed by atoms with Crippen molar-refractivity contribution in [2.45, 2.75) is 6.92 Å². The number of halogens is 2. The Morgan fingerprint density at radius 1 is 1.14 bits per heavy atom. The average molecular weight is 366 g/mol. The largest absolute Gasteiger partial charge is 0.288 e. The first-order chi connectivity index (χ1) is 10.6. The Hall–Kier alpha value is -1.40. The van der Waals surface area contributed by atoms with Gasteiger partial charge in [0.1, 0.15) is 10.7 Å². The van der Waals surface area contributed by atoms with Crippen molar-refractivity contribution >= 4 is 50.8 Å². The van der Waals surface area contributed by atoms with Gasteiger partial charge in [-0.05, 0) is 25.1 Å². The molecule has 3 heterocycles. The zero-order valence-electron chi connectivity index (χ0n) is 11.4. The Bertz CT molecular complexity index is 984. The molecule has 110 valence electrons. The smallest absolute Gasteiger partial charge is 0.194 e. The molecule has 0 N–H and O–H groups in total. The highest BCUT2D eigenvalue weighted by Crippen LogP contribution is 2.35. The molecule has 0 unspecified atom stereocenters. The zero-order chi connectivity index (χ0) is 15.3. The highest BCUT2D eigenvalue weighted by atomic mass is 35.5. The first kappa shape index (κ1) is 14.2. The Balaban J connectivity index is 1.86. The van der Waals surface area contributed by atoms with Crippen LogP contribution in [-0.2, 0) is 0 Å². The van der Waals surface area contributed by atoms with E-state index in [0.29, 0.717) is 10.0 Å². The van der Waals surface area contributed by atoms with Gasteiger partial charge in [-0.3, -0.25) is 4.40 Å². The van der Waals surface area contributed by atoms with Crippen molar-refractivity contribution in [3.63, 3.8) is 0 Å². The lowest BCUT2D eigenvalue weighted by atomic mass is 10.2. The van der Waals surface area contributed by atoms with Crippen LogP contribution in [0.25, 0.3) is 26.9 Å². The number of thiazole rings is 2. The Morgan fingerprint density at radius 3 is 2.86 bits per heavy atom. The second-order valence-electron chi connectivity index (χ2n) is 4.76. The first-order valence-electron chi connectivity index (χ1n) is 6.47. The fourth-order valence-electron chi connectivity index (χ4n) is 2.35. The van der Waals surface area contributed by atoms with E-state index in [0.717, 1.165) is 32.6 Å². The molecular formula is C15H9Cl2N3S2. The molecule has 0 aliphatic heterocycles. The average Bonchev–Trinajstić information content (AvgIpc) is 3.17. The lowest BCUT2D eigenvalue weighted by molar-refractivity contribution is 1.21. The zero-order valence-corrected chi connectivity index (χ0v) is 14.5. The van der Waals surface area contributed by atoms with Crippen LogP contribution in [0.2, 0.25) is 10.0 Å². The maximum absolute atomic E-state index is 6.26. The van der Waals surface area contributed by atoms with Crippen molar-refractivity contribution in [3.8, 4) is 22.0 Å². The van der Waals surface area contributed by atoms with Crippen LogP contribution in [0, 0.1) is 6.92 Å². The van der Waals surface area contributed by atoms with Gasteiger partial charge in [0, 0.05) is 27.5 Å². The summed E-state index contributed by atoms with van der Waals surface area (Å²) in [6.45, 7) is 2.00. The Labute approximate surface area is 144 Å². The third-order valence-corrected chi connectivity index (χ3v) is 5.52. The summed E-state index contributed by atoms with van der Waals surface area (Å²) in [5.74, 6) is 0. The van der Waals surface area contributed by atoms with Gasteiger partial charge in [0.05, 0.1) is 16.4 Å². The van der Waals surface area contributed by atoms with E-state index in [-0.39, 0.29) is 0 Å². The Morgan fingerprint density at radius 2 is 2.00 bits per heavy atom. The number of rotatable bonds is 2. The summed E-state index contributed by atoms with van der Waals surface area (Å²) in [5, 5.41) is 6.24. The number of hydrogen-bond donors (Lipinski definition) is 0. The second-order valence-corrected chi connectivity index (χ2v) is 7.34. The molecule has 3 aromatic heterocycles. The van der Waals surface area contributed by atoms with Crippen LogP contribution in [0.3, 0.4) is 0 Å². The molecule has 0 fully saturated rings. The maximum atomic E-state index is 6.26. The summed E-state index contributed by atoms with van der Waals surface area (Å²) in [6.07, 6.45) is 2.02. The van der Waals surface area contributed by atoms with Gasteiger partial charge in [-0.25, -0.2) is 9.97 Å².